The SMILES string of the molecule is CC1CC(C(=O)O)C(C(=O)NCCCN(C)C)C1. The van der Waals surface area contributed by atoms with Crippen LogP contribution in [0.5, 0.6) is 0 Å². The average molecular weight is 256 g/mol. The van der Waals surface area contributed by atoms with E-state index in [9.17, 15) is 9.59 Å². The number of carboxylic acids is 1. The van der Waals surface area contributed by atoms with Gasteiger partial charge in [-0.1, -0.05) is 6.92 Å². The van der Waals surface area contributed by atoms with Gasteiger partial charge in [-0.05, 0) is 45.8 Å². The molecule has 0 aromatic carbocycles. The molecule has 1 aliphatic carbocycles. The maximum Gasteiger partial charge on any atom is 0.307 e. The summed E-state index contributed by atoms with van der Waals surface area (Å²) in [5, 5.41) is 12.0. The van der Waals surface area contributed by atoms with E-state index in [0.29, 0.717) is 25.3 Å². The molecule has 5 nitrogen and oxygen atoms in total. The van der Waals surface area contributed by atoms with Gasteiger partial charge in [0.2, 0.25) is 5.91 Å². The number of amides is 1. The Hall–Kier alpha value is -1.10. The largest absolute Gasteiger partial charge is 0.481 e. The zero-order chi connectivity index (χ0) is 13.7. The summed E-state index contributed by atoms with van der Waals surface area (Å²) in [6.45, 7) is 3.55. The molecule has 2 N–H and O–H groups in total. The Kier molecular flexibility index (Phi) is 5.59. The van der Waals surface area contributed by atoms with E-state index in [1.807, 2.05) is 21.0 Å². The highest BCUT2D eigenvalue weighted by molar-refractivity contribution is 5.85. The Labute approximate surface area is 109 Å². The van der Waals surface area contributed by atoms with E-state index in [1.54, 1.807) is 0 Å². The molecule has 0 bridgehead atoms. The number of nitrogens with zero attached hydrogens (tertiary/aromatic N) is 1. The van der Waals surface area contributed by atoms with Crippen molar-refractivity contribution in [1.82, 2.24) is 10.2 Å². The fourth-order valence-electron chi connectivity index (χ4n) is 2.59. The lowest BCUT2D eigenvalue weighted by atomic mass is 9.95. The minimum absolute atomic E-state index is 0.0921. The molecule has 1 fully saturated rings. The van der Waals surface area contributed by atoms with Gasteiger partial charge in [0.1, 0.15) is 0 Å². The fraction of sp³-hybridized carbons (Fsp3) is 0.846. The van der Waals surface area contributed by atoms with Gasteiger partial charge < -0.3 is 15.3 Å². The second-order valence-electron chi connectivity index (χ2n) is 5.58. The second kappa shape index (κ2) is 6.73. The predicted octanol–water partition coefficient (Wildman–Crippen LogP) is 0.801. The summed E-state index contributed by atoms with van der Waals surface area (Å²) in [4.78, 5) is 25.1. The first kappa shape index (κ1) is 15.0. The smallest absolute Gasteiger partial charge is 0.307 e. The van der Waals surface area contributed by atoms with Crippen LogP contribution < -0.4 is 5.32 Å². The quantitative estimate of drug-likeness (QED) is 0.690. The van der Waals surface area contributed by atoms with Crippen molar-refractivity contribution in [2.45, 2.75) is 26.2 Å². The molecule has 3 atom stereocenters. The summed E-state index contributed by atoms with van der Waals surface area (Å²) >= 11 is 0. The average Bonchev–Trinajstić information content (AvgIpc) is 2.66. The molecule has 1 amide bonds. The summed E-state index contributed by atoms with van der Waals surface area (Å²) in [6.07, 6.45) is 2.19. The van der Waals surface area contributed by atoms with Gasteiger partial charge in [0.15, 0.2) is 0 Å². The summed E-state index contributed by atoms with van der Waals surface area (Å²) in [5.41, 5.74) is 0. The highest BCUT2D eigenvalue weighted by Gasteiger charge is 2.40. The van der Waals surface area contributed by atoms with Crippen LogP contribution in [0, 0.1) is 17.8 Å². The Bertz CT molecular complexity index is 305. The van der Waals surface area contributed by atoms with Crippen LogP contribution in [0.3, 0.4) is 0 Å². The fourth-order valence-corrected chi connectivity index (χ4v) is 2.59. The molecular formula is C13H24N2O3. The van der Waals surface area contributed by atoms with Gasteiger partial charge in [-0.15, -0.1) is 0 Å². The van der Waals surface area contributed by atoms with Crippen LogP contribution in [-0.2, 0) is 9.59 Å². The Morgan fingerprint density at radius 1 is 1.28 bits per heavy atom. The van der Waals surface area contributed by atoms with Crippen molar-refractivity contribution in [3.63, 3.8) is 0 Å². The number of carboxylic acid groups (broad SMARTS) is 1. The summed E-state index contributed by atoms with van der Waals surface area (Å²) < 4.78 is 0. The number of rotatable bonds is 6. The molecule has 0 aliphatic heterocycles. The zero-order valence-electron chi connectivity index (χ0n) is 11.5. The lowest BCUT2D eigenvalue weighted by Crippen LogP contribution is -2.36. The third kappa shape index (κ3) is 4.29. The highest BCUT2D eigenvalue weighted by Crippen LogP contribution is 2.36. The Balaban J connectivity index is 2.38. The number of aliphatic carboxylic acids is 1. The maximum absolute atomic E-state index is 12.0. The van der Waals surface area contributed by atoms with E-state index in [4.69, 9.17) is 5.11 Å². The van der Waals surface area contributed by atoms with Gasteiger partial charge in [-0.2, -0.15) is 0 Å². The monoisotopic (exact) mass is 256 g/mol. The van der Waals surface area contributed by atoms with E-state index < -0.39 is 11.9 Å². The summed E-state index contributed by atoms with van der Waals surface area (Å²) in [5.74, 6) is -1.47. The molecule has 1 saturated carbocycles. The molecule has 0 heterocycles. The van der Waals surface area contributed by atoms with Crippen molar-refractivity contribution < 1.29 is 14.7 Å². The van der Waals surface area contributed by atoms with Gasteiger partial charge in [0.05, 0.1) is 11.8 Å². The Morgan fingerprint density at radius 2 is 1.89 bits per heavy atom. The van der Waals surface area contributed by atoms with Gasteiger partial charge in [-0.3, -0.25) is 9.59 Å². The van der Waals surface area contributed by atoms with Crippen molar-refractivity contribution in [1.29, 1.82) is 0 Å². The molecule has 0 aromatic heterocycles. The van der Waals surface area contributed by atoms with E-state index in [1.165, 1.54) is 0 Å². The molecule has 104 valence electrons. The topological polar surface area (TPSA) is 69.6 Å². The second-order valence-corrected chi connectivity index (χ2v) is 5.58. The normalized spacial score (nSPS) is 27.4. The molecular weight excluding hydrogens is 232 g/mol. The molecule has 0 radical (unpaired) electrons. The third-order valence-corrected chi connectivity index (χ3v) is 3.53. The van der Waals surface area contributed by atoms with Gasteiger partial charge in [0.25, 0.3) is 0 Å². The summed E-state index contributed by atoms with van der Waals surface area (Å²) in [7, 11) is 3.97. The van der Waals surface area contributed by atoms with E-state index in [0.717, 1.165) is 13.0 Å². The Morgan fingerprint density at radius 3 is 2.44 bits per heavy atom. The molecule has 3 unspecified atom stereocenters. The molecule has 1 rings (SSSR count). The van der Waals surface area contributed by atoms with Crippen LogP contribution in [0.15, 0.2) is 0 Å². The lowest BCUT2D eigenvalue weighted by molar-refractivity contribution is -0.146. The molecule has 0 saturated heterocycles. The molecule has 0 aromatic rings. The molecule has 5 heteroatoms. The minimum Gasteiger partial charge on any atom is -0.481 e. The first-order valence-electron chi connectivity index (χ1n) is 6.57. The molecule has 1 aliphatic rings. The first-order valence-corrected chi connectivity index (χ1v) is 6.57. The van der Waals surface area contributed by atoms with Crippen molar-refractivity contribution >= 4 is 11.9 Å². The summed E-state index contributed by atoms with van der Waals surface area (Å²) in [6, 6.07) is 0. The zero-order valence-corrected chi connectivity index (χ0v) is 11.5. The van der Waals surface area contributed by atoms with Gasteiger partial charge in [0, 0.05) is 6.54 Å². The van der Waals surface area contributed by atoms with Crippen LogP contribution in [0.4, 0.5) is 0 Å². The predicted molar refractivity (Wildman–Crippen MR) is 69.2 cm³/mol. The molecule has 18 heavy (non-hydrogen) atoms. The van der Waals surface area contributed by atoms with E-state index in [2.05, 4.69) is 10.2 Å². The highest BCUT2D eigenvalue weighted by atomic mass is 16.4. The van der Waals surface area contributed by atoms with Crippen LogP contribution in [-0.4, -0.2) is 49.1 Å². The number of carbonyl (C=O) groups excluding carboxylic acids is 1. The number of hydrogen-bond donors (Lipinski definition) is 2. The maximum atomic E-state index is 12.0. The standard InChI is InChI=1S/C13H24N2O3/c1-9-7-10(11(8-9)13(17)18)12(16)14-5-4-6-15(2)3/h9-11H,4-8H2,1-3H3,(H,14,16)(H,17,18). The first-order chi connectivity index (χ1) is 8.41. The number of hydrogen-bond acceptors (Lipinski definition) is 3. The minimum atomic E-state index is -0.840. The van der Waals surface area contributed by atoms with Crippen LogP contribution >= 0.6 is 0 Å². The van der Waals surface area contributed by atoms with E-state index >= 15 is 0 Å². The lowest BCUT2D eigenvalue weighted by Gasteiger charge is -2.16. The van der Waals surface area contributed by atoms with Crippen molar-refractivity contribution in [3.8, 4) is 0 Å². The van der Waals surface area contributed by atoms with Crippen molar-refractivity contribution in [3.05, 3.63) is 0 Å². The van der Waals surface area contributed by atoms with Crippen LogP contribution in [0.25, 0.3) is 0 Å². The van der Waals surface area contributed by atoms with Gasteiger partial charge >= 0.3 is 5.97 Å². The molecule has 0 spiro atoms. The van der Waals surface area contributed by atoms with E-state index in [-0.39, 0.29) is 11.8 Å². The van der Waals surface area contributed by atoms with Crippen LogP contribution in [0.1, 0.15) is 26.2 Å². The van der Waals surface area contributed by atoms with Crippen molar-refractivity contribution in [2.75, 3.05) is 27.2 Å². The van der Waals surface area contributed by atoms with Crippen molar-refractivity contribution in [2.24, 2.45) is 17.8 Å². The third-order valence-electron chi connectivity index (χ3n) is 3.53. The number of carbonyl (C=O) groups is 2. The van der Waals surface area contributed by atoms with Gasteiger partial charge in [-0.25, -0.2) is 0 Å². The van der Waals surface area contributed by atoms with Crippen LogP contribution in [0.2, 0.25) is 0 Å². The number of nitrogens with one attached hydrogen (secondary N) is 1.